The lowest BCUT2D eigenvalue weighted by Crippen LogP contribution is -2.22. The van der Waals surface area contributed by atoms with Gasteiger partial charge in [-0.3, -0.25) is 9.78 Å². The fraction of sp³-hybridized carbons (Fsp3) is 0.182. The fourth-order valence-electron chi connectivity index (χ4n) is 3.78. The molecule has 0 radical (unpaired) electrons. The fourth-order valence-corrected chi connectivity index (χ4v) is 3.78. The van der Waals surface area contributed by atoms with E-state index in [4.69, 9.17) is 0 Å². The van der Waals surface area contributed by atoms with Gasteiger partial charge in [-0.05, 0) is 35.4 Å². The zero-order valence-corrected chi connectivity index (χ0v) is 14.7. The maximum absolute atomic E-state index is 12.0. The number of rotatable bonds is 1. The van der Waals surface area contributed by atoms with Gasteiger partial charge in [0.1, 0.15) is 5.69 Å². The van der Waals surface area contributed by atoms with Crippen LogP contribution in [0.3, 0.4) is 0 Å². The predicted molar refractivity (Wildman–Crippen MR) is 102 cm³/mol. The topological polar surface area (TPSA) is 33.2 Å². The number of para-hydroxylation sites is 1. The average Bonchev–Trinajstić information content (AvgIpc) is 2.82. The summed E-state index contributed by atoms with van der Waals surface area (Å²) < 4.78 is 0. The maximum Gasteiger partial charge on any atom is 0.204 e. The number of aromatic nitrogens is 1. The molecule has 25 heavy (non-hydrogen) atoms. The van der Waals surface area contributed by atoms with E-state index in [0.29, 0.717) is 5.69 Å². The Morgan fingerprint density at radius 1 is 1.04 bits per heavy atom. The van der Waals surface area contributed by atoms with Crippen LogP contribution in [-0.4, -0.2) is 17.8 Å². The first kappa shape index (κ1) is 15.6. The number of carbonyl (C=O) groups excluding carboxylic acids is 1. The number of carbonyl (C=O) groups is 1. The molecule has 0 atom stereocenters. The molecule has 2 aromatic rings. The summed E-state index contributed by atoms with van der Waals surface area (Å²) in [5, 5.41) is 0. The molecule has 1 aliphatic carbocycles. The van der Waals surface area contributed by atoms with Crippen molar-refractivity contribution in [2.45, 2.75) is 19.3 Å². The number of pyridine rings is 1. The van der Waals surface area contributed by atoms with Gasteiger partial charge in [-0.15, -0.1) is 0 Å². The number of ketones is 1. The lowest BCUT2D eigenvalue weighted by atomic mass is 9.83. The number of fused-ring (bicyclic) bond motifs is 2. The van der Waals surface area contributed by atoms with Crippen LogP contribution < -0.4 is 4.90 Å². The Bertz CT molecular complexity index is 963. The van der Waals surface area contributed by atoms with Gasteiger partial charge in [0, 0.05) is 35.6 Å². The largest absolute Gasteiger partial charge is 0.347 e. The Kier molecular flexibility index (Phi) is 3.46. The summed E-state index contributed by atoms with van der Waals surface area (Å²) in [6, 6.07) is 12.3. The third-order valence-corrected chi connectivity index (χ3v) is 5.13. The minimum atomic E-state index is -0.0611. The summed E-state index contributed by atoms with van der Waals surface area (Å²) in [5.74, 6) is -0.0360. The van der Waals surface area contributed by atoms with Crippen molar-refractivity contribution in [3.63, 3.8) is 0 Å². The van der Waals surface area contributed by atoms with Gasteiger partial charge in [0.25, 0.3) is 0 Å². The van der Waals surface area contributed by atoms with Crippen molar-refractivity contribution in [3.05, 3.63) is 89.4 Å². The smallest absolute Gasteiger partial charge is 0.204 e. The van der Waals surface area contributed by atoms with Crippen molar-refractivity contribution in [1.29, 1.82) is 0 Å². The molecule has 1 aliphatic heterocycles. The average molecular weight is 328 g/mol. The quantitative estimate of drug-likeness (QED) is 0.771. The molecular formula is C22H20N2O. The summed E-state index contributed by atoms with van der Waals surface area (Å²) >= 11 is 0. The molecule has 0 saturated heterocycles. The molecule has 0 bridgehead atoms. The SMILES string of the molecule is CN1/C(=C\C=C2/C=CC(=O)c3ncccc32)C(C)(C)c2ccccc21. The molecule has 1 aromatic heterocycles. The summed E-state index contributed by atoms with van der Waals surface area (Å²) in [5.41, 5.74) is 6.17. The van der Waals surface area contributed by atoms with Gasteiger partial charge in [-0.25, -0.2) is 0 Å². The van der Waals surface area contributed by atoms with Gasteiger partial charge in [-0.2, -0.15) is 0 Å². The molecule has 0 spiro atoms. The number of hydrogen-bond donors (Lipinski definition) is 0. The van der Waals surface area contributed by atoms with Crippen molar-refractivity contribution in [2.24, 2.45) is 0 Å². The molecule has 4 rings (SSSR count). The number of hydrogen-bond acceptors (Lipinski definition) is 3. The second kappa shape index (κ2) is 5.55. The van der Waals surface area contributed by atoms with Crippen LogP contribution in [-0.2, 0) is 5.41 Å². The van der Waals surface area contributed by atoms with E-state index in [0.717, 1.165) is 11.1 Å². The van der Waals surface area contributed by atoms with E-state index in [1.165, 1.54) is 16.9 Å². The molecule has 0 unspecified atom stereocenters. The summed E-state index contributed by atoms with van der Waals surface area (Å²) in [4.78, 5) is 18.5. The van der Waals surface area contributed by atoms with E-state index in [1.807, 2.05) is 18.2 Å². The molecule has 124 valence electrons. The van der Waals surface area contributed by atoms with E-state index in [-0.39, 0.29) is 11.2 Å². The van der Waals surface area contributed by atoms with Gasteiger partial charge in [0.05, 0.1) is 0 Å². The Hall–Kier alpha value is -2.94. The zero-order valence-electron chi connectivity index (χ0n) is 14.7. The molecule has 0 amide bonds. The standard InChI is InChI=1S/C22H20N2O/c1-22(2)17-8-4-5-9-18(17)24(3)20(22)13-11-15-10-12-19(25)21-16(15)7-6-14-23-21/h4-14H,1-3H3/b15-11+,20-13-. The highest BCUT2D eigenvalue weighted by Crippen LogP contribution is 2.46. The molecule has 3 heteroatoms. The third-order valence-electron chi connectivity index (χ3n) is 5.13. The van der Waals surface area contributed by atoms with Crippen LogP contribution in [0, 0.1) is 0 Å². The Balaban J connectivity index is 1.79. The minimum absolute atomic E-state index is 0.0360. The number of anilines is 1. The molecule has 0 fully saturated rings. The Morgan fingerprint density at radius 3 is 2.64 bits per heavy atom. The van der Waals surface area contributed by atoms with Crippen LogP contribution >= 0.6 is 0 Å². The molecule has 0 N–H and O–H groups in total. The van der Waals surface area contributed by atoms with Gasteiger partial charge in [0.2, 0.25) is 5.78 Å². The van der Waals surface area contributed by atoms with E-state index in [1.54, 1.807) is 12.3 Å². The first-order valence-corrected chi connectivity index (χ1v) is 8.43. The van der Waals surface area contributed by atoms with Crippen LogP contribution in [0.4, 0.5) is 5.69 Å². The van der Waals surface area contributed by atoms with E-state index < -0.39 is 0 Å². The number of allylic oxidation sites excluding steroid dienone is 6. The van der Waals surface area contributed by atoms with Gasteiger partial charge >= 0.3 is 0 Å². The molecule has 2 heterocycles. The van der Waals surface area contributed by atoms with Crippen LogP contribution in [0.1, 0.15) is 35.5 Å². The molecule has 0 saturated carbocycles. The van der Waals surface area contributed by atoms with E-state index in [9.17, 15) is 4.79 Å². The van der Waals surface area contributed by atoms with Crippen molar-refractivity contribution >= 4 is 17.0 Å². The number of benzene rings is 1. The van der Waals surface area contributed by atoms with E-state index >= 15 is 0 Å². The van der Waals surface area contributed by atoms with Gasteiger partial charge in [-0.1, -0.05) is 50.3 Å². The van der Waals surface area contributed by atoms with Crippen molar-refractivity contribution in [3.8, 4) is 0 Å². The van der Waals surface area contributed by atoms with Crippen LogP contribution in [0.15, 0.2) is 72.6 Å². The minimum Gasteiger partial charge on any atom is -0.347 e. The lowest BCUT2D eigenvalue weighted by Gasteiger charge is -2.24. The predicted octanol–water partition coefficient (Wildman–Crippen LogP) is 4.53. The Labute approximate surface area is 148 Å². The maximum atomic E-state index is 12.0. The van der Waals surface area contributed by atoms with Crippen molar-refractivity contribution < 1.29 is 4.79 Å². The number of nitrogens with zero attached hydrogens (tertiary/aromatic N) is 2. The molecular weight excluding hydrogens is 308 g/mol. The lowest BCUT2D eigenvalue weighted by molar-refractivity contribution is 0.104. The first-order valence-electron chi connectivity index (χ1n) is 8.43. The monoisotopic (exact) mass is 328 g/mol. The molecule has 1 aromatic carbocycles. The second-order valence-electron chi connectivity index (χ2n) is 6.97. The Morgan fingerprint density at radius 2 is 1.84 bits per heavy atom. The van der Waals surface area contributed by atoms with Crippen LogP contribution in [0.25, 0.3) is 5.57 Å². The van der Waals surface area contributed by atoms with Gasteiger partial charge in [0.15, 0.2) is 0 Å². The van der Waals surface area contributed by atoms with Crippen LogP contribution in [0.5, 0.6) is 0 Å². The van der Waals surface area contributed by atoms with Crippen LogP contribution in [0.2, 0.25) is 0 Å². The number of likely N-dealkylation sites (N-methyl/N-ethyl adjacent to an activating group) is 1. The normalized spacial score (nSPS) is 20.9. The summed E-state index contributed by atoms with van der Waals surface area (Å²) in [6.45, 7) is 4.49. The van der Waals surface area contributed by atoms with Crippen molar-refractivity contribution in [2.75, 3.05) is 11.9 Å². The molecule has 2 aliphatic rings. The first-order chi connectivity index (χ1) is 12.0. The highest BCUT2D eigenvalue weighted by atomic mass is 16.1. The third kappa shape index (κ3) is 2.35. The highest BCUT2D eigenvalue weighted by Gasteiger charge is 2.37. The second-order valence-corrected chi connectivity index (χ2v) is 6.97. The summed E-state index contributed by atoms with van der Waals surface area (Å²) in [7, 11) is 2.10. The summed E-state index contributed by atoms with van der Waals surface area (Å²) in [6.07, 6.45) is 9.38. The van der Waals surface area contributed by atoms with E-state index in [2.05, 4.69) is 67.2 Å². The van der Waals surface area contributed by atoms with Gasteiger partial charge < -0.3 is 4.90 Å². The van der Waals surface area contributed by atoms with Crippen molar-refractivity contribution in [1.82, 2.24) is 4.98 Å². The zero-order chi connectivity index (χ0) is 17.6. The highest BCUT2D eigenvalue weighted by molar-refractivity contribution is 6.11. The molecule has 3 nitrogen and oxygen atoms in total.